The summed E-state index contributed by atoms with van der Waals surface area (Å²) < 4.78 is 15.4. The molecule has 0 unspecified atom stereocenters. The Morgan fingerprint density at radius 2 is 2.16 bits per heavy atom. The lowest BCUT2D eigenvalue weighted by molar-refractivity contribution is 0.561. The molecule has 0 atom stereocenters. The van der Waals surface area contributed by atoms with Crippen molar-refractivity contribution >= 4 is 11.6 Å². The predicted octanol–water partition coefficient (Wildman–Crippen LogP) is 3.22. The summed E-state index contributed by atoms with van der Waals surface area (Å²) in [5.41, 5.74) is 1.40. The van der Waals surface area contributed by atoms with Gasteiger partial charge in [-0.05, 0) is 18.2 Å². The van der Waals surface area contributed by atoms with Crippen LogP contribution in [0.3, 0.4) is 0 Å². The van der Waals surface area contributed by atoms with Crippen molar-refractivity contribution in [3.8, 4) is 0 Å². The van der Waals surface area contributed by atoms with Gasteiger partial charge in [-0.3, -0.25) is 4.68 Å². The highest BCUT2D eigenvalue weighted by Crippen LogP contribution is 2.19. The van der Waals surface area contributed by atoms with E-state index < -0.39 is 0 Å². The van der Waals surface area contributed by atoms with E-state index in [1.807, 2.05) is 12.3 Å². The fourth-order valence-electron chi connectivity index (χ4n) is 1.74. The molecule has 5 heteroatoms. The zero-order chi connectivity index (χ0) is 13.8. The van der Waals surface area contributed by atoms with Gasteiger partial charge < -0.3 is 5.32 Å². The van der Waals surface area contributed by atoms with Crippen LogP contribution in [0.4, 0.5) is 4.39 Å². The summed E-state index contributed by atoms with van der Waals surface area (Å²) in [6.07, 6.45) is 1.83. The van der Waals surface area contributed by atoms with Gasteiger partial charge in [-0.25, -0.2) is 4.39 Å². The second kappa shape index (κ2) is 6.17. The molecule has 102 valence electrons. The Hall–Kier alpha value is -1.39. The van der Waals surface area contributed by atoms with E-state index in [-0.39, 0.29) is 5.82 Å². The predicted molar refractivity (Wildman–Crippen MR) is 74.7 cm³/mol. The molecule has 0 amide bonds. The Labute approximate surface area is 117 Å². The van der Waals surface area contributed by atoms with E-state index in [1.54, 1.807) is 16.8 Å². The average Bonchev–Trinajstić information content (AvgIpc) is 2.79. The molecule has 1 N–H and O–H groups in total. The van der Waals surface area contributed by atoms with Crippen LogP contribution in [0.2, 0.25) is 5.02 Å². The van der Waals surface area contributed by atoms with Crippen molar-refractivity contribution < 1.29 is 4.39 Å². The molecule has 0 aliphatic carbocycles. The minimum atomic E-state index is -0.301. The van der Waals surface area contributed by atoms with Crippen LogP contribution in [0.15, 0.2) is 30.5 Å². The van der Waals surface area contributed by atoms with E-state index in [0.29, 0.717) is 29.7 Å². The van der Waals surface area contributed by atoms with E-state index in [1.165, 1.54) is 6.07 Å². The van der Waals surface area contributed by atoms with Crippen molar-refractivity contribution in [3.63, 3.8) is 0 Å². The van der Waals surface area contributed by atoms with E-state index in [0.717, 1.165) is 5.69 Å². The van der Waals surface area contributed by atoms with Gasteiger partial charge in [0.2, 0.25) is 0 Å². The number of hydrogen-bond donors (Lipinski definition) is 1. The van der Waals surface area contributed by atoms with Crippen LogP contribution in [0.5, 0.6) is 0 Å². The Morgan fingerprint density at radius 1 is 1.37 bits per heavy atom. The summed E-state index contributed by atoms with van der Waals surface area (Å²) in [5, 5.41) is 8.10. The molecule has 0 fully saturated rings. The highest BCUT2D eigenvalue weighted by Gasteiger charge is 2.08. The van der Waals surface area contributed by atoms with E-state index in [4.69, 9.17) is 11.6 Å². The largest absolute Gasteiger partial charge is 0.309 e. The number of hydrogen-bond acceptors (Lipinski definition) is 2. The fourth-order valence-corrected chi connectivity index (χ4v) is 1.96. The van der Waals surface area contributed by atoms with Crippen molar-refractivity contribution in [3.05, 3.63) is 52.6 Å². The summed E-state index contributed by atoms with van der Waals surface area (Å²) in [5.74, 6) is -0.301. The first-order valence-electron chi connectivity index (χ1n) is 6.25. The van der Waals surface area contributed by atoms with Gasteiger partial charge in [-0.2, -0.15) is 5.10 Å². The second-order valence-corrected chi connectivity index (χ2v) is 5.15. The van der Waals surface area contributed by atoms with Gasteiger partial charge in [0.05, 0.1) is 12.2 Å². The molecular formula is C14H17ClFN3. The van der Waals surface area contributed by atoms with Crippen LogP contribution in [0.1, 0.15) is 25.1 Å². The first-order chi connectivity index (χ1) is 9.06. The van der Waals surface area contributed by atoms with Crippen LogP contribution in [0, 0.1) is 5.82 Å². The molecule has 0 bridgehead atoms. The Morgan fingerprint density at radius 3 is 2.84 bits per heavy atom. The number of nitrogens with zero attached hydrogens (tertiary/aromatic N) is 2. The van der Waals surface area contributed by atoms with E-state index in [2.05, 4.69) is 24.3 Å². The molecule has 0 spiro atoms. The summed E-state index contributed by atoms with van der Waals surface area (Å²) in [7, 11) is 0. The minimum Gasteiger partial charge on any atom is -0.309 e. The molecule has 0 aliphatic heterocycles. The molecule has 0 saturated carbocycles. The molecule has 1 aromatic heterocycles. The Kier molecular flexibility index (Phi) is 4.56. The quantitative estimate of drug-likeness (QED) is 0.912. The summed E-state index contributed by atoms with van der Waals surface area (Å²) >= 11 is 6.00. The summed E-state index contributed by atoms with van der Waals surface area (Å²) in [6.45, 7) is 5.20. The minimum absolute atomic E-state index is 0.301. The standard InChI is InChI=1S/C14H17ClFN3/c1-10(2)17-8-11-6-7-19(18-11)9-12-13(15)4-3-5-14(12)16/h3-7,10,17H,8-9H2,1-2H3. The van der Waals surface area contributed by atoms with Gasteiger partial charge in [-0.1, -0.05) is 31.5 Å². The zero-order valence-corrected chi connectivity index (χ0v) is 11.8. The highest BCUT2D eigenvalue weighted by atomic mass is 35.5. The van der Waals surface area contributed by atoms with E-state index >= 15 is 0 Å². The van der Waals surface area contributed by atoms with Crippen molar-refractivity contribution in [1.29, 1.82) is 0 Å². The summed E-state index contributed by atoms with van der Waals surface area (Å²) in [4.78, 5) is 0. The first kappa shape index (κ1) is 14.0. The maximum atomic E-state index is 13.7. The topological polar surface area (TPSA) is 29.9 Å². The van der Waals surface area contributed by atoms with Gasteiger partial charge in [0, 0.05) is 29.4 Å². The first-order valence-corrected chi connectivity index (χ1v) is 6.62. The van der Waals surface area contributed by atoms with E-state index in [9.17, 15) is 4.39 Å². The molecule has 0 saturated heterocycles. The van der Waals surface area contributed by atoms with Crippen LogP contribution < -0.4 is 5.32 Å². The number of nitrogens with one attached hydrogen (secondary N) is 1. The zero-order valence-electron chi connectivity index (χ0n) is 11.0. The van der Waals surface area contributed by atoms with Gasteiger partial charge >= 0.3 is 0 Å². The third-order valence-corrected chi connectivity index (χ3v) is 3.12. The third kappa shape index (κ3) is 3.78. The molecule has 0 aliphatic rings. The Balaban J connectivity index is 2.07. The highest BCUT2D eigenvalue weighted by molar-refractivity contribution is 6.31. The van der Waals surface area contributed by atoms with Crippen molar-refractivity contribution in [2.75, 3.05) is 0 Å². The van der Waals surface area contributed by atoms with Crippen LogP contribution >= 0.6 is 11.6 Å². The molecule has 2 rings (SSSR count). The van der Waals surface area contributed by atoms with Gasteiger partial charge in [0.25, 0.3) is 0 Å². The summed E-state index contributed by atoms with van der Waals surface area (Å²) in [6, 6.07) is 7.02. The lowest BCUT2D eigenvalue weighted by Crippen LogP contribution is -2.22. The van der Waals surface area contributed by atoms with Gasteiger partial charge in [0.1, 0.15) is 5.82 Å². The number of benzene rings is 1. The van der Waals surface area contributed by atoms with Crippen molar-refractivity contribution in [2.45, 2.75) is 33.0 Å². The molecular weight excluding hydrogens is 265 g/mol. The fraction of sp³-hybridized carbons (Fsp3) is 0.357. The molecule has 1 aromatic carbocycles. The maximum Gasteiger partial charge on any atom is 0.129 e. The third-order valence-electron chi connectivity index (χ3n) is 2.77. The monoisotopic (exact) mass is 281 g/mol. The Bertz CT molecular complexity index is 531. The molecule has 1 heterocycles. The maximum absolute atomic E-state index is 13.7. The lowest BCUT2D eigenvalue weighted by atomic mass is 10.2. The number of rotatable bonds is 5. The van der Waals surface area contributed by atoms with Crippen LogP contribution in [-0.4, -0.2) is 15.8 Å². The van der Waals surface area contributed by atoms with Gasteiger partial charge in [0.15, 0.2) is 0 Å². The molecule has 2 aromatic rings. The van der Waals surface area contributed by atoms with Crippen LogP contribution in [-0.2, 0) is 13.1 Å². The van der Waals surface area contributed by atoms with Crippen molar-refractivity contribution in [2.24, 2.45) is 0 Å². The van der Waals surface area contributed by atoms with Crippen molar-refractivity contribution in [1.82, 2.24) is 15.1 Å². The smallest absolute Gasteiger partial charge is 0.129 e. The molecule has 3 nitrogen and oxygen atoms in total. The average molecular weight is 282 g/mol. The number of aromatic nitrogens is 2. The second-order valence-electron chi connectivity index (χ2n) is 4.74. The SMILES string of the molecule is CC(C)NCc1ccn(Cc2c(F)cccc2Cl)n1. The molecule has 0 radical (unpaired) electrons. The molecule has 19 heavy (non-hydrogen) atoms. The number of halogens is 2. The van der Waals surface area contributed by atoms with Crippen LogP contribution in [0.25, 0.3) is 0 Å². The normalized spacial score (nSPS) is 11.2. The lowest BCUT2D eigenvalue weighted by Gasteiger charge is -2.07. The van der Waals surface area contributed by atoms with Gasteiger partial charge in [-0.15, -0.1) is 0 Å².